The Kier molecular flexibility index (Phi) is 6.36. The van der Waals surface area contributed by atoms with Gasteiger partial charge in [-0.1, -0.05) is 19.9 Å². The second-order valence-corrected chi connectivity index (χ2v) is 7.65. The number of likely N-dealkylation sites (tertiary alicyclic amines) is 1. The lowest BCUT2D eigenvalue weighted by molar-refractivity contribution is 0.170. The van der Waals surface area contributed by atoms with E-state index in [-0.39, 0.29) is 0 Å². The van der Waals surface area contributed by atoms with E-state index in [9.17, 15) is 0 Å². The third kappa shape index (κ3) is 6.03. The maximum Gasteiger partial charge on any atom is 0.0543 e. The summed E-state index contributed by atoms with van der Waals surface area (Å²) in [5.74, 6) is 0. The quantitative estimate of drug-likeness (QED) is 0.837. The maximum atomic E-state index is 4.43. The molecule has 0 atom stereocenters. The van der Waals surface area contributed by atoms with Crippen molar-refractivity contribution in [1.82, 2.24) is 20.1 Å². The molecule has 0 unspecified atom stereocenters. The molecule has 124 valence electrons. The highest BCUT2D eigenvalue weighted by Crippen LogP contribution is 2.17. The molecular formula is C18H32N4. The molecule has 0 spiro atoms. The van der Waals surface area contributed by atoms with Gasteiger partial charge >= 0.3 is 0 Å². The topological polar surface area (TPSA) is 31.4 Å². The van der Waals surface area contributed by atoms with Gasteiger partial charge in [0.05, 0.1) is 5.69 Å². The Hall–Kier alpha value is -0.970. The summed E-state index contributed by atoms with van der Waals surface area (Å²) in [6.07, 6.45) is 4.37. The predicted octanol–water partition coefficient (Wildman–Crippen LogP) is 2.22. The molecule has 1 aliphatic heterocycles. The van der Waals surface area contributed by atoms with E-state index in [1.54, 1.807) is 0 Å². The second kappa shape index (κ2) is 8.04. The SMILES string of the molecule is CN(C)CC(C)(C)CNC1CCN(Cc2ccccn2)CC1. The number of aromatic nitrogens is 1. The van der Waals surface area contributed by atoms with E-state index < -0.39 is 0 Å². The highest BCUT2D eigenvalue weighted by atomic mass is 15.1. The Morgan fingerprint density at radius 2 is 2.00 bits per heavy atom. The zero-order chi connectivity index (χ0) is 16.0. The van der Waals surface area contributed by atoms with Gasteiger partial charge in [-0.05, 0) is 44.5 Å². The van der Waals surface area contributed by atoms with Crippen molar-refractivity contribution in [1.29, 1.82) is 0 Å². The number of hydrogen-bond donors (Lipinski definition) is 1. The van der Waals surface area contributed by atoms with Gasteiger partial charge in [-0.2, -0.15) is 0 Å². The summed E-state index contributed by atoms with van der Waals surface area (Å²) in [5.41, 5.74) is 1.51. The van der Waals surface area contributed by atoms with Crippen LogP contribution in [0.3, 0.4) is 0 Å². The van der Waals surface area contributed by atoms with Crippen molar-refractivity contribution in [2.75, 3.05) is 40.3 Å². The van der Waals surface area contributed by atoms with E-state index in [4.69, 9.17) is 0 Å². The molecule has 0 saturated carbocycles. The molecule has 0 aromatic carbocycles. The molecular weight excluding hydrogens is 272 g/mol. The Bertz CT molecular complexity index is 422. The van der Waals surface area contributed by atoms with E-state index in [1.165, 1.54) is 31.6 Å². The van der Waals surface area contributed by atoms with Crippen LogP contribution in [0.4, 0.5) is 0 Å². The maximum absolute atomic E-state index is 4.43. The summed E-state index contributed by atoms with van der Waals surface area (Å²) >= 11 is 0. The Morgan fingerprint density at radius 3 is 2.59 bits per heavy atom. The second-order valence-electron chi connectivity index (χ2n) is 7.65. The molecule has 1 fully saturated rings. The van der Waals surface area contributed by atoms with Gasteiger partial charge in [0, 0.05) is 45.0 Å². The van der Waals surface area contributed by atoms with Crippen LogP contribution < -0.4 is 5.32 Å². The van der Waals surface area contributed by atoms with Crippen molar-refractivity contribution in [2.45, 2.75) is 39.3 Å². The molecule has 0 radical (unpaired) electrons. The zero-order valence-electron chi connectivity index (χ0n) is 14.7. The average Bonchev–Trinajstić information content (AvgIpc) is 2.46. The number of nitrogens with one attached hydrogen (secondary N) is 1. The van der Waals surface area contributed by atoms with Gasteiger partial charge < -0.3 is 10.2 Å². The van der Waals surface area contributed by atoms with Gasteiger partial charge in [0.1, 0.15) is 0 Å². The van der Waals surface area contributed by atoms with Gasteiger partial charge in [0.15, 0.2) is 0 Å². The van der Waals surface area contributed by atoms with E-state index in [2.05, 4.69) is 60.2 Å². The van der Waals surface area contributed by atoms with Crippen LogP contribution in [0.25, 0.3) is 0 Å². The van der Waals surface area contributed by atoms with E-state index in [0.29, 0.717) is 11.5 Å². The fraction of sp³-hybridized carbons (Fsp3) is 0.722. The fourth-order valence-corrected chi connectivity index (χ4v) is 3.35. The number of rotatable bonds is 7. The minimum atomic E-state index is 0.328. The standard InChI is InChI=1S/C18H32N4/c1-18(2,15-21(3)4)14-20-16-8-11-22(12-9-16)13-17-7-5-6-10-19-17/h5-7,10,16,20H,8-9,11-15H2,1-4H3. The Labute approximate surface area is 135 Å². The van der Waals surface area contributed by atoms with Crippen LogP contribution in [-0.4, -0.2) is 61.1 Å². The number of hydrogen-bond acceptors (Lipinski definition) is 4. The first-order valence-corrected chi connectivity index (χ1v) is 8.45. The minimum absolute atomic E-state index is 0.328. The van der Waals surface area contributed by atoms with Gasteiger partial charge in [0.2, 0.25) is 0 Å². The Balaban J connectivity index is 1.69. The van der Waals surface area contributed by atoms with Gasteiger partial charge in [-0.25, -0.2) is 0 Å². The molecule has 2 rings (SSSR count). The molecule has 1 saturated heterocycles. The van der Waals surface area contributed by atoms with Crippen LogP contribution in [0.15, 0.2) is 24.4 Å². The molecule has 4 nitrogen and oxygen atoms in total. The van der Waals surface area contributed by atoms with Gasteiger partial charge in [-0.15, -0.1) is 0 Å². The van der Waals surface area contributed by atoms with Crippen LogP contribution in [-0.2, 0) is 6.54 Å². The molecule has 0 bridgehead atoms. The predicted molar refractivity (Wildman–Crippen MR) is 92.9 cm³/mol. The summed E-state index contributed by atoms with van der Waals surface area (Å²) in [6, 6.07) is 6.84. The summed E-state index contributed by atoms with van der Waals surface area (Å²) in [4.78, 5) is 9.22. The van der Waals surface area contributed by atoms with Crippen molar-refractivity contribution < 1.29 is 0 Å². The lowest BCUT2D eigenvalue weighted by Crippen LogP contribution is -2.46. The van der Waals surface area contributed by atoms with Crippen molar-refractivity contribution in [2.24, 2.45) is 5.41 Å². The average molecular weight is 304 g/mol. The van der Waals surface area contributed by atoms with Crippen LogP contribution >= 0.6 is 0 Å². The fourth-order valence-electron chi connectivity index (χ4n) is 3.35. The summed E-state index contributed by atoms with van der Waals surface area (Å²) in [6.45, 7) is 10.2. The lowest BCUT2D eigenvalue weighted by Gasteiger charge is -2.35. The summed E-state index contributed by atoms with van der Waals surface area (Å²) < 4.78 is 0. The third-order valence-electron chi connectivity index (χ3n) is 4.31. The third-order valence-corrected chi connectivity index (χ3v) is 4.31. The van der Waals surface area contributed by atoms with Gasteiger partial charge in [-0.3, -0.25) is 9.88 Å². The molecule has 1 aliphatic rings. The molecule has 0 aliphatic carbocycles. The number of piperidine rings is 1. The van der Waals surface area contributed by atoms with Crippen LogP contribution in [0.2, 0.25) is 0 Å². The molecule has 1 aromatic heterocycles. The first-order valence-electron chi connectivity index (χ1n) is 8.45. The molecule has 4 heteroatoms. The van der Waals surface area contributed by atoms with E-state index >= 15 is 0 Å². The van der Waals surface area contributed by atoms with Crippen LogP contribution in [0.1, 0.15) is 32.4 Å². The summed E-state index contributed by atoms with van der Waals surface area (Å²) in [7, 11) is 4.30. The monoisotopic (exact) mass is 304 g/mol. The Morgan fingerprint density at radius 1 is 1.27 bits per heavy atom. The molecule has 22 heavy (non-hydrogen) atoms. The first-order chi connectivity index (χ1) is 10.4. The van der Waals surface area contributed by atoms with Gasteiger partial charge in [0.25, 0.3) is 0 Å². The molecule has 1 aromatic rings. The van der Waals surface area contributed by atoms with Crippen molar-refractivity contribution in [3.63, 3.8) is 0 Å². The first kappa shape index (κ1) is 17.4. The number of nitrogens with zero attached hydrogens (tertiary/aromatic N) is 3. The van der Waals surface area contributed by atoms with Crippen LogP contribution in [0.5, 0.6) is 0 Å². The smallest absolute Gasteiger partial charge is 0.0543 e. The highest BCUT2D eigenvalue weighted by molar-refractivity contribution is 5.03. The molecule has 0 amide bonds. The highest BCUT2D eigenvalue weighted by Gasteiger charge is 2.23. The number of pyridine rings is 1. The largest absolute Gasteiger partial charge is 0.313 e. The van der Waals surface area contributed by atoms with E-state index in [0.717, 1.165) is 19.6 Å². The molecule has 2 heterocycles. The lowest BCUT2D eigenvalue weighted by atomic mass is 9.92. The normalized spacial score (nSPS) is 18.0. The van der Waals surface area contributed by atoms with Crippen molar-refractivity contribution in [3.8, 4) is 0 Å². The zero-order valence-corrected chi connectivity index (χ0v) is 14.7. The molecule has 1 N–H and O–H groups in total. The van der Waals surface area contributed by atoms with Crippen molar-refractivity contribution >= 4 is 0 Å². The van der Waals surface area contributed by atoms with Crippen LogP contribution in [0, 0.1) is 5.41 Å². The van der Waals surface area contributed by atoms with Crippen molar-refractivity contribution in [3.05, 3.63) is 30.1 Å². The summed E-state index contributed by atoms with van der Waals surface area (Å²) in [5, 5.41) is 3.78. The minimum Gasteiger partial charge on any atom is -0.313 e. The van der Waals surface area contributed by atoms with E-state index in [1.807, 2.05) is 12.3 Å².